The van der Waals surface area contributed by atoms with Gasteiger partial charge in [0.1, 0.15) is 0 Å². The van der Waals surface area contributed by atoms with Crippen molar-refractivity contribution < 1.29 is 19.4 Å². The first-order valence-electron chi connectivity index (χ1n) is 5.26. The van der Waals surface area contributed by atoms with Crippen LogP contribution in [0.4, 0.5) is 5.13 Å². The molecule has 0 aromatic carbocycles. The SMILES string of the molecule is COC(=O)c1csc(N2CCOC(CO)C2)n1. The lowest BCUT2D eigenvalue weighted by molar-refractivity contribution is 0.00355. The van der Waals surface area contributed by atoms with Gasteiger partial charge in [0.2, 0.25) is 0 Å². The van der Waals surface area contributed by atoms with Crippen LogP contribution in [-0.4, -0.2) is 55.6 Å². The number of nitrogens with zero attached hydrogens (tertiary/aromatic N) is 2. The van der Waals surface area contributed by atoms with Gasteiger partial charge in [-0.25, -0.2) is 9.78 Å². The van der Waals surface area contributed by atoms with E-state index in [1.54, 1.807) is 5.38 Å². The van der Waals surface area contributed by atoms with Crippen LogP contribution in [0.1, 0.15) is 10.5 Å². The summed E-state index contributed by atoms with van der Waals surface area (Å²) in [7, 11) is 1.33. The summed E-state index contributed by atoms with van der Waals surface area (Å²) in [4.78, 5) is 17.5. The molecule has 1 aromatic rings. The molecule has 1 aromatic heterocycles. The van der Waals surface area contributed by atoms with Crippen LogP contribution < -0.4 is 4.90 Å². The van der Waals surface area contributed by atoms with Gasteiger partial charge in [-0.1, -0.05) is 0 Å². The second-order valence-corrected chi connectivity index (χ2v) is 4.46. The fourth-order valence-corrected chi connectivity index (χ4v) is 2.44. The van der Waals surface area contributed by atoms with Gasteiger partial charge in [0.15, 0.2) is 10.8 Å². The summed E-state index contributed by atoms with van der Waals surface area (Å²) in [5, 5.41) is 11.5. The Labute approximate surface area is 103 Å². The van der Waals surface area contributed by atoms with Crippen LogP contribution in [0.5, 0.6) is 0 Å². The molecule has 17 heavy (non-hydrogen) atoms. The van der Waals surface area contributed by atoms with Gasteiger partial charge in [-0.2, -0.15) is 0 Å². The van der Waals surface area contributed by atoms with Gasteiger partial charge in [0.25, 0.3) is 0 Å². The Bertz CT molecular complexity index is 395. The zero-order chi connectivity index (χ0) is 12.3. The first-order valence-corrected chi connectivity index (χ1v) is 6.14. The number of thiazole rings is 1. The van der Waals surface area contributed by atoms with E-state index in [4.69, 9.17) is 9.84 Å². The maximum Gasteiger partial charge on any atom is 0.357 e. The van der Waals surface area contributed by atoms with Gasteiger partial charge < -0.3 is 19.5 Å². The maximum absolute atomic E-state index is 11.3. The van der Waals surface area contributed by atoms with Crippen molar-refractivity contribution in [3.05, 3.63) is 11.1 Å². The molecular weight excluding hydrogens is 244 g/mol. The van der Waals surface area contributed by atoms with Crippen LogP contribution in [0.3, 0.4) is 0 Å². The first kappa shape index (κ1) is 12.3. The van der Waals surface area contributed by atoms with Gasteiger partial charge in [-0.3, -0.25) is 0 Å². The third kappa shape index (κ3) is 2.74. The molecule has 6 nitrogen and oxygen atoms in total. The maximum atomic E-state index is 11.3. The number of methoxy groups -OCH3 is 1. The number of hydrogen-bond donors (Lipinski definition) is 1. The van der Waals surface area contributed by atoms with Crippen LogP contribution in [0.25, 0.3) is 0 Å². The molecule has 2 heterocycles. The number of anilines is 1. The Morgan fingerprint density at radius 1 is 1.82 bits per heavy atom. The van der Waals surface area contributed by atoms with E-state index in [1.807, 2.05) is 4.90 Å². The molecular formula is C10H14N2O4S. The van der Waals surface area contributed by atoms with Crippen molar-refractivity contribution in [2.45, 2.75) is 6.10 Å². The molecule has 1 saturated heterocycles. The molecule has 0 bridgehead atoms. The molecule has 1 aliphatic rings. The summed E-state index contributed by atoms with van der Waals surface area (Å²) < 4.78 is 9.95. The van der Waals surface area contributed by atoms with Crippen LogP contribution in [-0.2, 0) is 9.47 Å². The number of morpholine rings is 1. The van der Waals surface area contributed by atoms with Crippen molar-refractivity contribution in [2.75, 3.05) is 38.3 Å². The lowest BCUT2D eigenvalue weighted by Gasteiger charge is -2.31. The zero-order valence-corrected chi connectivity index (χ0v) is 10.3. The van der Waals surface area contributed by atoms with Crippen molar-refractivity contribution in [3.8, 4) is 0 Å². The van der Waals surface area contributed by atoms with Crippen LogP contribution in [0, 0.1) is 0 Å². The molecule has 94 valence electrons. The monoisotopic (exact) mass is 258 g/mol. The Morgan fingerprint density at radius 3 is 3.35 bits per heavy atom. The topological polar surface area (TPSA) is 71.9 Å². The van der Waals surface area contributed by atoms with Gasteiger partial charge >= 0.3 is 5.97 Å². The predicted octanol–water partition coefficient (Wildman–Crippen LogP) is 0.127. The van der Waals surface area contributed by atoms with E-state index >= 15 is 0 Å². The summed E-state index contributed by atoms with van der Waals surface area (Å²) in [6.07, 6.45) is -0.186. The normalized spacial score (nSPS) is 20.4. The van der Waals surface area contributed by atoms with Crippen molar-refractivity contribution in [1.82, 2.24) is 4.98 Å². The average molecular weight is 258 g/mol. The standard InChI is InChI=1S/C10H14N2O4S/c1-15-9(14)8-6-17-10(11-8)12-2-3-16-7(4-12)5-13/h6-7,13H,2-5H2,1H3. The third-order valence-electron chi connectivity index (χ3n) is 2.50. The number of aliphatic hydroxyl groups is 1. The molecule has 1 unspecified atom stereocenters. The number of rotatable bonds is 3. The fourth-order valence-electron chi connectivity index (χ4n) is 1.61. The van der Waals surface area contributed by atoms with E-state index in [-0.39, 0.29) is 12.7 Å². The number of carbonyl (C=O) groups excluding carboxylic acids is 1. The van der Waals surface area contributed by atoms with Crippen LogP contribution >= 0.6 is 11.3 Å². The minimum Gasteiger partial charge on any atom is -0.464 e. The van der Waals surface area contributed by atoms with Crippen molar-refractivity contribution >= 4 is 22.4 Å². The van der Waals surface area contributed by atoms with Gasteiger partial charge in [0, 0.05) is 18.5 Å². The molecule has 1 N–H and O–H groups in total. The van der Waals surface area contributed by atoms with Crippen molar-refractivity contribution in [3.63, 3.8) is 0 Å². The summed E-state index contributed by atoms with van der Waals surface area (Å²) >= 11 is 1.39. The number of aliphatic hydroxyl groups excluding tert-OH is 1. The zero-order valence-electron chi connectivity index (χ0n) is 9.46. The summed E-state index contributed by atoms with van der Waals surface area (Å²) in [6.45, 7) is 1.85. The molecule has 1 fully saturated rings. The molecule has 0 radical (unpaired) electrons. The quantitative estimate of drug-likeness (QED) is 0.777. The number of carbonyl (C=O) groups is 1. The molecule has 0 amide bonds. The van der Waals surface area contributed by atoms with E-state index in [0.29, 0.717) is 25.4 Å². The highest BCUT2D eigenvalue weighted by molar-refractivity contribution is 7.13. The highest BCUT2D eigenvalue weighted by Gasteiger charge is 2.23. The summed E-state index contributed by atoms with van der Waals surface area (Å²) in [5.74, 6) is -0.431. The fraction of sp³-hybridized carbons (Fsp3) is 0.600. The largest absolute Gasteiger partial charge is 0.464 e. The number of hydrogen-bond acceptors (Lipinski definition) is 7. The molecule has 1 atom stereocenters. The van der Waals surface area contributed by atoms with Gasteiger partial charge in [0.05, 0.1) is 26.4 Å². The Kier molecular flexibility index (Phi) is 3.93. The second-order valence-electron chi connectivity index (χ2n) is 3.63. The van der Waals surface area contributed by atoms with E-state index in [0.717, 1.165) is 5.13 Å². The third-order valence-corrected chi connectivity index (χ3v) is 3.40. The Balaban J connectivity index is 2.06. The van der Waals surface area contributed by atoms with E-state index in [1.165, 1.54) is 18.4 Å². The molecule has 0 saturated carbocycles. The Hall–Kier alpha value is -1.18. The predicted molar refractivity (Wildman–Crippen MR) is 62.5 cm³/mol. The molecule has 0 spiro atoms. The molecule has 1 aliphatic heterocycles. The first-order chi connectivity index (χ1) is 8.24. The summed E-state index contributed by atoms with van der Waals surface area (Å²) in [6, 6.07) is 0. The minimum absolute atomic E-state index is 0.00820. The number of aromatic nitrogens is 1. The highest BCUT2D eigenvalue weighted by Crippen LogP contribution is 2.22. The lowest BCUT2D eigenvalue weighted by atomic mass is 10.3. The molecule has 7 heteroatoms. The smallest absolute Gasteiger partial charge is 0.357 e. The Morgan fingerprint density at radius 2 is 2.65 bits per heavy atom. The van der Waals surface area contributed by atoms with E-state index in [9.17, 15) is 4.79 Å². The van der Waals surface area contributed by atoms with Gasteiger partial charge in [-0.15, -0.1) is 11.3 Å². The van der Waals surface area contributed by atoms with E-state index in [2.05, 4.69) is 9.72 Å². The molecule has 2 rings (SSSR count). The minimum atomic E-state index is -0.431. The number of ether oxygens (including phenoxy) is 2. The van der Waals surface area contributed by atoms with Gasteiger partial charge in [-0.05, 0) is 0 Å². The van der Waals surface area contributed by atoms with Crippen LogP contribution in [0.2, 0.25) is 0 Å². The van der Waals surface area contributed by atoms with E-state index < -0.39 is 5.97 Å². The average Bonchev–Trinajstić information content (AvgIpc) is 2.87. The number of esters is 1. The summed E-state index contributed by atoms with van der Waals surface area (Å²) in [5.41, 5.74) is 0.319. The second kappa shape index (κ2) is 5.44. The highest BCUT2D eigenvalue weighted by atomic mass is 32.1. The lowest BCUT2D eigenvalue weighted by Crippen LogP contribution is -2.44. The van der Waals surface area contributed by atoms with Crippen molar-refractivity contribution in [1.29, 1.82) is 0 Å². The van der Waals surface area contributed by atoms with Crippen molar-refractivity contribution in [2.24, 2.45) is 0 Å². The van der Waals surface area contributed by atoms with Crippen LogP contribution in [0.15, 0.2) is 5.38 Å². The molecule has 0 aliphatic carbocycles.